The molecule has 0 spiro atoms. The number of carbonyl (C=O) groups is 1. The third-order valence-corrected chi connectivity index (χ3v) is 4.25. The van der Waals surface area contributed by atoms with E-state index in [2.05, 4.69) is 10.5 Å². The smallest absolute Gasteiger partial charge is 0.344 e. The van der Waals surface area contributed by atoms with E-state index in [1.54, 1.807) is 49.5 Å². The average molecular weight is 425 g/mol. The van der Waals surface area contributed by atoms with Crippen LogP contribution in [0.15, 0.2) is 41.5 Å². The van der Waals surface area contributed by atoms with Crippen LogP contribution in [0.25, 0.3) is 0 Å². The molecular weight excluding hydrogens is 403 g/mol. The number of nitrogens with one attached hydrogen (secondary N) is 1. The highest BCUT2D eigenvalue weighted by atomic mass is 35.5. The number of hydrazone groups is 1. The second kappa shape index (κ2) is 11.4. The molecule has 8 heteroatoms. The van der Waals surface area contributed by atoms with Gasteiger partial charge in [0.2, 0.25) is 0 Å². The number of halogens is 2. The van der Waals surface area contributed by atoms with Crippen LogP contribution in [0.3, 0.4) is 0 Å². The Morgan fingerprint density at radius 1 is 1.07 bits per heavy atom. The van der Waals surface area contributed by atoms with Gasteiger partial charge in [0.05, 0.1) is 26.0 Å². The minimum Gasteiger partial charge on any atom is -0.490 e. The molecular formula is C20H22Cl2N2O4. The summed E-state index contributed by atoms with van der Waals surface area (Å²) in [6.45, 7) is 4.59. The Kier molecular flexibility index (Phi) is 8.91. The van der Waals surface area contributed by atoms with Gasteiger partial charge < -0.3 is 19.6 Å². The summed E-state index contributed by atoms with van der Waals surface area (Å²) in [5, 5.41) is 5.35. The normalized spacial score (nSPS) is 10.7. The van der Waals surface area contributed by atoms with Crippen molar-refractivity contribution in [1.29, 1.82) is 0 Å². The van der Waals surface area contributed by atoms with Crippen LogP contribution < -0.4 is 14.9 Å². The van der Waals surface area contributed by atoms with Crippen molar-refractivity contribution in [3.05, 3.63) is 57.6 Å². The molecule has 0 aliphatic heterocycles. The van der Waals surface area contributed by atoms with Crippen LogP contribution in [-0.4, -0.2) is 32.0 Å². The van der Waals surface area contributed by atoms with Crippen LogP contribution in [-0.2, 0) is 16.1 Å². The van der Waals surface area contributed by atoms with Gasteiger partial charge >= 0.3 is 5.97 Å². The molecule has 0 saturated heterocycles. The van der Waals surface area contributed by atoms with Gasteiger partial charge in [0.1, 0.15) is 0 Å². The minimum absolute atomic E-state index is 0.179. The van der Waals surface area contributed by atoms with E-state index in [4.69, 9.17) is 37.4 Å². The second-order valence-corrected chi connectivity index (χ2v) is 6.34. The summed E-state index contributed by atoms with van der Waals surface area (Å²) < 4.78 is 15.9. The van der Waals surface area contributed by atoms with Crippen LogP contribution >= 0.6 is 23.2 Å². The monoisotopic (exact) mass is 424 g/mol. The summed E-state index contributed by atoms with van der Waals surface area (Å²) in [7, 11) is 0. The molecule has 0 aliphatic rings. The molecule has 0 aromatic heterocycles. The Hall–Kier alpha value is -2.44. The van der Waals surface area contributed by atoms with Crippen molar-refractivity contribution in [2.24, 2.45) is 5.10 Å². The fourth-order valence-corrected chi connectivity index (χ4v) is 2.81. The molecule has 2 rings (SSSR count). The van der Waals surface area contributed by atoms with E-state index in [-0.39, 0.29) is 6.61 Å². The Morgan fingerprint density at radius 2 is 1.82 bits per heavy atom. The van der Waals surface area contributed by atoms with E-state index in [9.17, 15) is 4.79 Å². The standard InChI is InChI=1S/C20H22Cl2N2O4/c1-3-26-19-10-14(8-9-18(19)28-13-20(25)27-4-2)11-23-24-12-15-16(21)6-5-7-17(15)22/h5-11,24H,3-4,12-13H2,1-2H3/b23-11+. The third kappa shape index (κ3) is 6.62. The Labute approximate surface area is 174 Å². The molecule has 0 heterocycles. The molecule has 0 amide bonds. The van der Waals surface area contributed by atoms with E-state index in [0.717, 1.165) is 11.1 Å². The number of esters is 1. The topological polar surface area (TPSA) is 69.2 Å². The number of carbonyl (C=O) groups excluding carboxylic acids is 1. The zero-order valence-electron chi connectivity index (χ0n) is 15.7. The molecule has 150 valence electrons. The van der Waals surface area contributed by atoms with Crippen molar-refractivity contribution in [3.8, 4) is 11.5 Å². The van der Waals surface area contributed by atoms with Gasteiger partial charge in [0.15, 0.2) is 18.1 Å². The fraction of sp³-hybridized carbons (Fsp3) is 0.300. The highest BCUT2D eigenvalue weighted by Gasteiger charge is 2.09. The SMILES string of the molecule is CCOC(=O)COc1ccc(/C=N/NCc2c(Cl)cccc2Cl)cc1OCC. The highest BCUT2D eigenvalue weighted by Crippen LogP contribution is 2.28. The first-order valence-electron chi connectivity index (χ1n) is 8.79. The lowest BCUT2D eigenvalue weighted by Crippen LogP contribution is -2.15. The Balaban J connectivity index is 2.00. The summed E-state index contributed by atoms with van der Waals surface area (Å²) in [5.41, 5.74) is 4.49. The van der Waals surface area contributed by atoms with Crippen molar-refractivity contribution >= 4 is 35.4 Å². The van der Waals surface area contributed by atoms with E-state index in [1.807, 2.05) is 6.92 Å². The molecule has 0 unspecified atom stereocenters. The summed E-state index contributed by atoms with van der Waals surface area (Å²) in [5.74, 6) is 0.547. The maximum Gasteiger partial charge on any atom is 0.344 e. The predicted octanol–water partition coefficient (Wildman–Crippen LogP) is 4.46. The Morgan fingerprint density at radius 3 is 2.50 bits per heavy atom. The van der Waals surface area contributed by atoms with Crippen LogP contribution in [0.1, 0.15) is 25.0 Å². The second-order valence-electron chi connectivity index (χ2n) is 5.53. The molecule has 2 aromatic carbocycles. The molecule has 0 fully saturated rings. The first-order chi connectivity index (χ1) is 13.5. The van der Waals surface area contributed by atoms with Gasteiger partial charge in [-0.05, 0) is 49.7 Å². The molecule has 0 radical (unpaired) electrons. The molecule has 2 aromatic rings. The summed E-state index contributed by atoms with van der Waals surface area (Å²) in [6.07, 6.45) is 1.64. The van der Waals surface area contributed by atoms with Gasteiger partial charge in [0, 0.05) is 15.6 Å². The first-order valence-corrected chi connectivity index (χ1v) is 9.54. The van der Waals surface area contributed by atoms with Crippen molar-refractivity contribution in [3.63, 3.8) is 0 Å². The number of hydrogen-bond acceptors (Lipinski definition) is 6. The molecule has 0 bridgehead atoms. The van der Waals surface area contributed by atoms with Crippen molar-refractivity contribution in [2.75, 3.05) is 19.8 Å². The minimum atomic E-state index is -0.432. The van der Waals surface area contributed by atoms with Crippen LogP contribution in [0.5, 0.6) is 11.5 Å². The van der Waals surface area contributed by atoms with Crippen LogP contribution in [0.4, 0.5) is 0 Å². The van der Waals surface area contributed by atoms with E-state index in [0.29, 0.717) is 41.3 Å². The number of hydrogen-bond donors (Lipinski definition) is 1. The van der Waals surface area contributed by atoms with Crippen molar-refractivity contribution in [1.82, 2.24) is 5.43 Å². The molecule has 1 N–H and O–H groups in total. The summed E-state index contributed by atoms with van der Waals surface area (Å²) in [4.78, 5) is 11.5. The summed E-state index contributed by atoms with van der Waals surface area (Å²) >= 11 is 12.3. The van der Waals surface area contributed by atoms with Crippen LogP contribution in [0, 0.1) is 0 Å². The average Bonchev–Trinajstić information content (AvgIpc) is 2.67. The van der Waals surface area contributed by atoms with Gasteiger partial charge in [0.25, 0.3) is 0 Å². The number of ether oxygens (including phenoxy) is 3. The number of benzene rings is 2. The van der Waals surface area contributed by atoms with Crippen molar-refractivity contribution < 1.29 is 19.0 Å². The zero-order valence-corrected chi connectivity index (χ0v) is 17.2. The molecule has 6 nitrogen and oxygen atoms in total. The maximum atomic E-state index is 11.5. The summed E-state index contributed by atoms with van der Waals surface area (Å²) in [6, 6.07) is 10.6. The van der Waals surface area contributed by atoms with Gasteiger partial charge in [-0.3, -0.25) is 0 Å². The lowest BCUT2D eigenvalue weighted by Gasteiger charge is -2.12. The lowest BCUT2D eigenvalue weighted by atomic mass is 10.2. The highest BCUT2D eigenvalue weighted by molar-refractivity contribution is 6.35. The Bertz CT molecular complexity index is 808. The van der Waals surface area contributed by atoms with Crippen LogP contribution in [0.2, 0.25) is 10.0 Å². The first kappa shape index (κ1) is 21.9. The van der Waals surface area contributed by atoms with Gasteiger partial charge in [-0.25, -0.2) is 4.79 Å². The maximum absolute atomic E-state index is 11.5. The fourth-order valence-electron chi connectivity index (χ4n) is 2.28. The quantitative estimate of drug-likeness (QED) is 0.346. The predicted molar refractivity (Wildman–Crippen MR) is 111 cm³/mol. The van der Waals surface area contributed by atoms with E-state index < -0.39 is 5.97 Å². The zero-order chi connectivity index (χ0) is 20.4. The van der Waals surface area contributed by atoms with E-state index >= 15 is 0 Å². The number of rotatable bonds is 10. The molecule has 0 saturated carbocycles. The van der Waals surface area contributed by atoms with Crippen molar-refractivity contribution in [2.45, 2.75) is 20.4 Å². The van der Waals surface area contributed by atoms with Gasteiger partial charge in [-0.1, -0.05) is 29.3 Å². The largest absolute Gasteiger partial charge is 0.490 e. The molecule has 0 atom stereocenters. The van der Waals surface area contributed by atoms with E-state index in [1.165, 1.54) is 0 Å². The third-order valence-electron chi connectivity index (χ3n) is 3.54. The molecule has 28 heavy (non-hydrogen) atoms. The van der Waals surface area contributed by atoms with Gasteiger partial charge in [-0.15, -0.1) is 0 Å². The van der Waals surface area contributed by atoms with Gasteiger partial charge in [-0.2, -0.15) is 5.10 Å². The lowest BCUT2D eigenvalue weighted by molar-refractivity contribution is -0.145. The molecule has 0 aliphatic carbocycles. The number of nitrogens with zero attached hydrogens (tertiary/aromatic N) is 1.